The van der Waals surface area contributed by atoms with Crippen molar-refractivity contribution in [1.82, 2.24) is 5.32 Å². The summed E-state index contributed by atoms with van der Waals surface area (Å²) in [5, 5.41) is 2.86. The molecule has 0 spiro atoms. The predicted molar refractivity (Wildman–Crippen MR) is 76.4 cm³/mol. The van der Waals surface area contributed by atoms with Crippen LogP contribution >= 0.6 is 0 Å². The van der Waals surface area contributed by atoms with Crippen LogP contribution in [0.5, 0.6) is 5.75 Å². The van der Waals surface area contributed by atoms with Crippen LogP contribution in [-0.2, 0) is 16.3 Å². The summed E-state index contributed by atoms with van der Waals surface area (Å²) in [7, 11) is -2.95. The van der Waals surface area contributed by atoms with Crippen LogP contribution in [-0.4, -0.2) is 38.6 Å². The van der Waals surface area contributed by atoms with Crippen LogP contribution in [0, 0.1) is 0 Å². The van der Waals surface area contributed by atoms with Gasteiger partial charge in [0.15, 0.2) is 9.84 Å². The first-order chi connectivity index (χ1) is 8.99. The van der Waals surface area contributed by atoms with Crippen molar-refractivity contribution in [2.45, 2.75) is 31.6 Å². The van der Waals surface area contributed by atoms with Gasteiger partial charge in [0, 0.05) is 19.5 Å². The highest BCUT2D eigenvalue weighted by Gasteiger charge is 2.22. The van der Waals surface area contributed by atoms with E-state index in [2.05, 4.69) is 11.4 Å². The molecule has 1 heterocycles. The Morgan fingerprint density at radius 3 is 2.79 bits per heavy atom. The second-order valence-electron chi connectivity index (χ2n) is 5.17. The lowest BCUT2D eigenvalue weighted by Gasteiger charge is -2.12. The van der Waals surface area contributed by atoms with Gasteiger partial charge >= 0.3 is 0 Å². The fourth-order valence-electron chi connectivity index (χ4n) is 2.08. The van der Waals surface area contributed by atoms with Crippen LogP contribution in [0.25, 0.3) is 0 Å². The Morgan fingerprint density at radius 1 is 1.37 bits per heavy atom. The van der Waals surface area contributed by atoms with Gasteiger partial charge in [-0.05, 0) is 25.5 Å². The smallest absolute Gasteiger partial charge is 0.153 e. The molecule has 0 fully saturated rings. The molecule has 1 aromatic carbocycles. The lowest BCUT2D eigenvalue weighted by atomic mass is 10.1. The highest BCUT2D eigenvalue weighted by molar-refractivity contribution is 7.92. The molecule has 0 saturated carbocycles. The molecule has 1 N–H and O–H groups in total. The van der Waals surface area contributed by atoms with Crippen molar-refractivity contribution in [2.75, 3.05) is 18.8 Å². The molecule has 0 aromatic heterocycles. The topological polar surface area (TPSA) is 55.4 Å². The lowest BCUT2D eigenvalue weighted by molar-refractivity contribution is 0.229. The molecular formula is C14H21NO3S. The molecule has 4 nitrogen and oxygen atoms in total. The number of nitrogens with one attached hydrogen (secondary N) is 1. The van der Waals surface area contributed by atoms with E-state index in [0.29, 0.717) is 13.1 Å². The van der Waals surface area contributed by atoms with Gasteiger partial charge in [0.25, 0.3) is 0 Å². The molecule has 0 aliphatic carbocycles. The Balaban J connectivity index is 1.72. The van der Waals surface area contributed by atoms with Gasteiger partial charge in [0.2, 0.25) is 0 Å². The number of ether oxygens (including phenoxy) is 1. The molecule has 1 aromatic rings. The Morgan fingerprint density at radius 2 is 2.11 bits per heavy atom. The molecule has 0 bridgehead atoms. The molecule has 5 heteroatoms. The number of benzene rings is 1. The van der Waals surface area contributed by atoms with E-state index in [-0.39, 0.29) is 17.1 Å². The monoisotopic (exact) mass is 283 g/mol. The molecule has 1 aliphatic rings. The number of hydrogen-bond donors (Lipinski definition) is 1. The standard InChI is InChI=1S/C14H21NO3S/c1-11(2)19(16,17)8-7-15-10-13-9-12-5-3-4-6-14(12)18-13/h3-6,11,13,15H,7-10H2,1-2H3. The Kier molecular flexibility index (Phi) is 4.47. The summed E-state index contributed by atoms with van der Waals surface area (Å²) < 4.78 is 29.0. The summed E-state index contributed by atoms with van der Waals surface area (Å²) in [6.07, 6.45) is 0.999. The fraction of sp³-hybridized carbons (Fsp3) is 0.571. The molecule has 1 aliphatic heterocycles. The maximum atomic E-state index is 11.6. The minimum atomic E-state index is -2.95. The Hall–Kier alpha value is -1.07. The first kappa shape index (κ1) is 14.3. The van der Waals surface area contributed by atoms with Gasteiger partial charge in [-0.25, -0.2) is 8.42 Å². The second-order valence-corrected chi connectivity index (χ2v) is 7.85. The summed E-state index contributed by atoms with van der Waals surface area (Å²) in [5.41, 5.74) is 1.23. The average Bonchev–Trinajstić information content (AvgIpc) is 2.77. The van der Waals surface area contributed by atoms with Crippen molar-refractivity contribution < 1.29 is 13.2 Å². The van der Waals surface area contributed by atoms with Gasteiger partial charge in [-0.2, -0.15) is 0 Å². The number of rotatable bonds is 6. The molecule has 0 radical (unpaired) electrons. The Bertz CT molecular complexity index is 500. The molecule has 19 heavy (non-hydrogen) atoms. The largest absolute Gasteiger partial charge is 0.488 e. The predicted octanol–water partition coefficient (Wildman–Crippen LogP) is 1.40. The maximum Gasteiger partial charge on any atom is 0.153 e. The van der Waals surface area contributed by atoms with Crippen molar-refractivity contribution in [3.8, 4) is 5.75 Å². The van der Waals surface area contributed by atoms with Crippen molar-refractivity contribution in [3.63, 3.8) is 0 Å². The minimum Gasteiger partial charge on any atom is -0.488 e. The third kappa shape index (κ3) is 3.70. The van der Waals surface area contributed by atoms with Gasteiger partial charge < -0.3 is 10.1 Å². The van der Waals surface area contributed by atoms with Crippen LogP contribution in [0.3, 0.4) is 0 Å². The van der Waals surface area contributed by atoms with Crippen molar-refractivity contribution in [2.24, 2.45) is 0 Å². The van der Waals surface area contributed by atoms with Gasteiger partial charge in [-0.1, -0.05) is 18.2 Å². The van der Waals surface area contributed by atoms with Gasteiger partial charge in [0.1, 0.15) is 11.9 Å². The van der Waals surface area contributed by atoms with E-state index in [0.717, 1.165) is 12.2 Å². The first-order valence-corrected chi connectivity index (χ1v) is 8.37. The second kappa shape index (κ2) is 5.92. The van der Waals surface area contributed by atoms with E-state index in [4.69, 9.17) is 4.74 Å². The van der Waals surface area contributed by atoms with Crippen molar-refractivity contribution in [3.05, 3.63) is 29.8 Å². The molecule has 1 atom stereocenters. The van der Waals surface area contributed by atoms with E-state index >= 15 is 0 Å². The molecule has 1 unspecified atom stereocenters. The SMILES string of the molecule is CC(C)S(=O)(=O)CCNCC1Cc2ccccc2O1. The quantitative estimate of drug-likeness (QED) is 0.802. The van der Waals surface area contributed by atoms with Gasteiger partial charge in [-0.15, -0.1) is 0 Å². The van der Waals surface area contributed by atoms with Crippen LogP contribution in [0.4, 0.5) is 0 Å². The molecule has 106 valence electrons. The third-order valence-corrected chi connectivity index (χ3v) is 5.58. The average molecular weight is 283 g/mol. The first-order valence-electron chi connectivity index (χ1n) is 6.66. The summed E-state index contributed by atoms with van der Waals surface area (Å²) in [6.45, 7) is 4.59. The number of sulfone groups is 1. The fourth-order valence-corrected chi connectivity index (χ4v) is 2.98. The minimum absolute atomic E-state index is 0.110. The number of hydrogen-bond acceptors (Lipinski definition) is 4. The number of fused-ring (bicyclic) bond motifs is 1. The highest BCUT2D eigenvalue weighted by atomic mass is 32.2. The lowest BCUT2D eigenvalue weighted by Crippen LogP contribution is -2.34. The van der Waals surface area contributed by atoms with E-state index in [1.54, 1.807) is 13.8 Å². The van der Waals surface area contributed by atoms with Crippen molar-refractivity contribution in [1.29, 1.82) is 0 Å². The molecular weight excluding hydrogens is 262 g/mol. The Labute approximate surface area is 115 Å². The van der Waals surface area contributed by atoms with Crippen molar-refractivity contribution >= 4 is 9.84 Å². The molecule has 0 amide bonds. The zero-order valence-electron chi connectivity index (χ0n) is 11.4. The maximum absolute atomic E-state index is 11.6. The summed E-state index contributed by atoms with van der Waals surface area (Å²) in [6, 6.07) is 8.01. The highest BCUT2D eigenvalue weighted by Crippen LogP contribution is 2.27. The van der Waals surface area contributed by atoms with E-state index in [9.17, 15) is 8.42 Å². The van der Waals surface area contributed by atoms with E-state index < -0.39 is 9.84 Å². The van der Waals surface area contributed by atoms with E-state index in [1.165, 1.54) is 5.56 Å². The molecule has 2 rings (SSSR count). The van der Waals surface area contributed by atoms with Gasteiger partial charge in [0.05, 0.1) is 11.0 Å². The van der Waals surface area contributed by atoms with E-state index in [1.807, 2.05) is 18.2 Å². The third-order valence-electron chi connectivity index (χ3n) is 3.37. The van der Waals surface area contributed by atoms with Crippen LogP contribution in [0.2, 0.25) is 0 Å². The normalized spacial score (nSPS) is 18.4. The van der Waals surface area contributed by atoms with Crippen LogP contribution in [0.1, 0.15) is 19.4 Å². The van der Waals surface area contributed by atoms with Crippen LogP contribution < -0.4 is 10.1 Å². The molecule has 0 saturated heterocycles. The summed E-state index contributed by atoms with van der Waals surface area (Å²) >= 11 is 0. The number of para-hydroxylation sites is 1. The van der Waals surface area contributed by atoms with Gasteiger partial charge in [-0.3, -0.25) is 0 Å². The van der Waals surface area contributed by atoms with Crippen LogP contribution in [0.15, 0.2) is 24.3 Å². The zero-order chi connectivity index (χ0) is 13.9. The summed E-state index contributed by atoms with van der Waals surface area (Å²) in [4.78, 5) is 0. The summed E-state index contributed by atoms with van der Waals surface area (Å²) in [5.74, 6) is 1.13. The zero-order valence-corrected chi connectivity index (χ0v) is 12.2.